The molecule has 0 aromatic rings. The van der Waals surface area contributed by atoms with Gasteiger partial charge >= 0.3 is 5.97 Å². The Morgan fingerprint density at radius 1 is 1.42 bits per heavy atom. The van der Waals surface area contributed by atoms with Gasteiger partial charge in [0, 0.05) is 0 Å². The highest BCUT2D eigenvalue weighted by Crippen LogP contribution is 2.03. The molecule has 0 aliphatic heterocycles. The van der Waals surface area contributed by atoms with E-state index in [2.05, 4.69) is 4.74 Å². The van der Waals surface area contributed by atoms with Crippen LogP contribution in [-0.4, -0.2) is 18.5 Å². The highest BCUT2D eigenvalue weighted by Gasteiger charge is 2.22. The Balaban J connectivity index is 0. The van der Waals surface area contributed by atoms with Crippen LogP contribution >= 0.6 is 12.4 Å². The maximum absolute atomic E-state index is 10.9. The monoisotopic (exact) mass is 195 g/mol. The maximum atomic E-state index is 10.9. The number of rotatable bonds is 4. The molecule has 0 spiro atoms. The summed E-state index contributed by atoms with van der Waals surface area (Å²) in [5, 5.41) is 0. The molecule has 0 saturated heterocycles. The van der Waals surface area contributed by atoms with Crippen molar-refractivity contribution in [1.82, 2.24) is 0 Å². The normalized spacial score (nSPS) is 11.2. The van der Waals surface area contributed by atoms with Crippen molar-refractivity contribution in [3.63, 3.8) is 0 Å². The number of carbonyl (C=O) groups excluding carboxylic acids is 2. The van der Waals surface area contributed by atoms with E-state index in [1.54, 1.807) is 13.8 Å². The molecular formula is C7H14ClNO3. The molecule has 0 aromatic heterocycles. The number of amides is 1. The van der Waals surface area contributed by atoms with Gasteiger partial charge < -0.3 is 10.5 Å². The number of ether oxygens (including phenoxy) is 1. The molecule has 5 heteroatoms. The Morgan fingerprint density at radius 3 is 2.17 bits per heavy atom. The Bertz CT molecular complexity index is 161. The lowest BCUT2D eigenvalue weighted by Crippen LogP contribution is -2.31. The number of halogens is 1. The summed E-state index contributed by atoms with van der Waals surface area (Å²) in [7, 11) is 0. The number of primary amides is 1. The minimum absolute atomic E-state index is 0. The largest absolute Gasteiger partial charge is 0.465 e. The second-order valence-corrected chi connectivity index (χ2v) is 2.12. The van der Waals surface area contributed by atoms with Crippen LogP contribution in [0, 0.1) is 5.92 Å². The van der Waals surface area contributed by atoms with Crippen molar-refractivity contribution in [3.8, 4) is 0 Å². The van der Waals surface area contributed by atoms with Crippen molar-refractivity contribution in [3.05, 3.63) is 0 Å². The van der Waals surface area contributed by atoms with Gasteiger partial charge in [-0.05, 0) is 13.3 Å². The fourth-order valence-corrected chi connectivity index (χ4v) is 0.727. The summed E-state index contributed by atoms with van der Waals surface area (Å²) < 4.78 is 4.62. The van der Waals surface area contributed by atoms with E-state index in [-0.39, 0.29) is 19.0 Å². The molecule has 0 heterocycles. The van der Waals surface area contributed by atoms with Crippen LogP contribution in [0.15, 0.2) is 0 Å². The van der Waals surface area contributed by atoms with Gasteiger partial charge in [-0.25, -0.2) is 0 Å². The topological polar surface area (TPSA) is 69.4 Å². The molecule has 12 heavy (non-hydrogen) atoms. The van der Waals surface area contributed by atoms with Gasteiger partial charge in [-0.15, -0.1) is 12.4 Å². The Kier molecular flexibility index (Phi) is 7.94. The van der Waals surface area contributed by atoms with Crippen LogP contribution in [0.2, 0.25) is 0 Å². The number of esters is 1. The van der Waals surface area contributed by atoms with E-state index in [1.165, 1.54) is 0 Å². The van der Waals surface area contributed by atoms with Gasteiger partial charge in [-0.2, -0.15) is 0 Å². The predicted molar refractivity (Wildman–Crippen MR) is 46.9 cm³/mol. The van der Waals surface area contributed by atoms with Crippen molar-refractivity contribution >= 4 is 24.3 Å². The third-order valence-corrected chi connectivity index (χ3v) is 1.32. The molecule has 0 bridgehead atoms. The zero-order valence-electron chi connectivity index (χ0n) is 7.20. The lowest BCUT2D eigenvalue weighted by molar-refractivity contribution is -0.151. The van der Waals surface area contributed by atoms with Gasteiger partial charge in [0.1, 0.15) is 5.92 Å². The smallest absolute Gasteiger partial charge is 0.318 e. The first-order valence-corrected chi connectivity index (χ1v) is 3.59. The van der Waals surface area contributed by atoms with Crippen LogP contribution in [0.4, 0.5) is 0 Å². The number of hydrogen-bond donors (Lipinski definition) is 1. The fraction of sp³-hybridized carbons (Fsp3) is 0.714. The molecule has 0 saturated carbocycles. The molecule has 72 valence electrons. The quantitative estimate of drug-likeness (QED) is 0.524. The highest BCUT2D eigenvalue weighted by molar-refractivity contribution is 5.96. The Hall–Kier alpha value is -0.770. The van der Waals surface area contributed by atoms with Crippen molar-refractivity contribution in [2.75, 3.05) is 6.61 Å². The summed E-state index contributed by atoms with van der Waals surface area (Å²) in [5.41, 5.74) is 4.94. The van der Waals surface area contributed by atoms with Crippen LogP contribution in [-0.2, 0) is 14.3 Å². The van der Waals surface area contributed by atoms with Crippen LogP contribution in [0.1, 0.15) is 20.3 Å². The molecular weight excluding hydrogens is 182 g/mol. The lowest BCUT2D eigenvalue weighted by atomic mass is 10.1. The minimum atomic E-state index is -0.782. The van der Waals surface area contributed by atoms with Crippen molar-refractivity contribution in [2.24, 2.45) is 11.7 Å². The standard InChI is InChI=1S/C7H13NO3.ClH/c1-3-5(6(8)9)7(10)11-4-2;/h5H,3-4H2,1-2H3,(H2,8,9);1H. The molecule has 0 fully saturated rings. The molecule has 0 aromatic carbocycles. The van der Waals surface area contributed by atoms with Crippen LogP contribution in [0.3, 0.4) is 0 Å². The van der Waals surface area contributed by atoms with E-state index in [4.69, 9.17) is 5.73 Å². The van der Waals surface area contributed by atoms with Gasteiger partial charge in [0.25, 0.3) is 0 Å². The van der Waals surface area contributed by atoms with E-state index in [0.29, 0.717) is 6.42 Å². The fourth-order valence-electron chi connectivity index (χ4n) is 0.727. The van der Waals surface area contributed by atoms with E-state index in [0.717, 1.165) is 0 Å². The van der Waals surface area contributed by atoms with E-state index in [1.807, 2.05) is 0 Å². The first-order chi connectivity index (χ1) is 5.13. The summed E-state index contributed by atoms with van der Waals surface area (Å²) in [5.74, 6) is -1.93. The van der Waals surface area contributed by atoms with Gasteiger partial charge in [0.05, 0.1) is 6.61 Å². The highest BCUT2D eigenvalue weighted by atomic mass is 35.5. The number of hydrogen-bond acceptors (Lipinski definition) is 3. The van der Waals surface area contributed by atoms with Gasteiger partial charge in [-0.3, -0.25) is 9.59 Å². The van der Waals surface area contributed by atoms with E-state index in [9.17, 15) is 9.59 Å². The van der Waals surface area contributed by atoms with E-state index >= 15 is 0 Å². The molecule has 0 radical (unpaired) electrons. The summed E-state index contributed by atoms with van der Waals surface area (Å²) in [6, 6.07) is 0. The molecule has 0 aliphatic rings. The molecule has 0 rings (SSSR count). The Labute approximate surface area is 77.9 Å². The summed E-state index contributed by atoms with van der Waals surface area (Å²) in [6.45, 7) is 3.68. The second-order valence-electron chi connectivity index (χ2n) is 2.12. The van der Waals surface area contributed by atoms with Gasteiger partial charge in [0.2, 0.25) is 5.91 Å². The average Bonchev–Trinajstić information content (AvgIpc) is 1.88. The summed E-state index contributed by atoms with van der Waals surface area (Å²) >= 11 is 0. The molecule has 4 nitrogen and oxygen atoms in total. The maximum Gasteiger partial charge on any atom is 0.318 e. The SMILES string of the molecule is CCOC(=O)C(CC)C(N)=O.Cl. The van der Waals surface area contributed by atoms with Crippen LogP contribution < -0.4 is 5.73 Å². The number of nitrogens with two attached hydrogens (primary N) is 1. The third kappa shape index (κ3) is 4.18. The van der Waals surface area contributed by atoms with Crippen molar-refractivity contribution in [2.45, 2.75) is 20.3 Å². The molecule has 1 unspecified atom stereocenters. The third-order valence-electron chi connectivity index (χ3n) is 1.32. The summed E-state index contributed by atoms with van der Waals surface area (Å²) in [6.07, 6.45) is 0.397. The predicted octanol–water partition coefficient (Wildman–Crippen LogP) is 0.483. The number of carbonyl (C=O) groups is 2. The summed E-state index contributed by atoms with van der Waals surface area (Å²) in [4.78, 5) is 21.5. The minimum Gasteiger partial charge on any atom is -0.465 e. The molecule has 1 amide bonds. The molecule has 2 N–H and O–H groups in total. The van der Waals surface area contributed by atoms with Crippen molar-refractivity contribution < 1.29 is 14.3 Å². The second kappa shape index (κ2) is 6.91. The molecule has 0 aliphatic carbocycles. The zero-order valence-corrected chi connectivity index (χ0v) is 8.02. The zero-order chi connectivity index (χ0) is 8.85. The average molecular weight is 196 g/mol. The Morgan fingerprint density at radius 2 is 1.92 bits per heavy atom. The van der Waals surface area contributed by atoms with E-state index < -0.39 is 17.8 Å². The van der Waals surface area contributed by atoms with Crippen LogP contribution in [0.5, 0.6) is 0 Å². The molecule has 1 atom stereocenters. The van der Waals surface area contributed by atoms with Crippen molar-refractivity contribution in [1.29, 1.82) is 0 Å². The first-order valence-electron chi connectivity index (χ1n) is 3.59. The lowest BCUT2D eigenvalue weighted by Gasteiger charge is -2.08. The van der Waals surface area contributed by atoms with Gasteiger partial charge in [-0.1, -0.05) is 6.92 Å². The van der Waals surface area contributed by atoms with Crippen LogP contribution in [0.25, 0.3) is 0 Å². The van der Waals surface area contributed by atoms with Gasteiger partial charge in [0.15, 0.2) is 0 Å². The first kappa shape index (κ1) is 13.8.